The molecule has 1 unspecified atom stereocenters. The molecule has 2 amide bonds. The van der Waals surface area contributed by atoms with Crippen LogP contribution in [0.3, 0.4) is 0 Å². The molecular formula is C32H35BrF3N3O4S. The van der Waals surface area contributed by atoms with Crippen LogP contribution in [0.4, 0.5) is 18.9 Å². The van der Waals surface area contributed by atoms with E-state index in [9.17, 15) is 31.2 Å². The summed E-state index contributed by atoms with van der Waals surface area (Å²) in [5.41, 5.74) is 0.127. The topological polar surface area (TPSA) is 86.8 Å². The van der Waals surface area contributed by atoms with E-state index in [2.05, 4.69) is 21.2 Å². The molecule has 1 aliphatic rings. The Labute approximate surface area is 264 Å². The fraction of sp³-hybridized carbons (Fsp3) is 0.375. The number of nitrogens with one attached hydrogen (secondary N) is 1. The van der Waals surface area contributed by atoms with Gasteiger partial charge in [0.2, 0.25) is 21.8 Å². The molecule has 1 atom stereocenters. The lowest BCUT2D eigenvalue weighted by atomic mass is 9.94. The summed E-state index contributed by atoms with van der Waals surface area (Å²) in [4.78, 5) is 29.5. The zero-order valence-electron chi connectivity index (χ0n) is 24.3. The van der Waals surface area contributed by atoms with Crippen LogP contribution in [0.5, 0.6) is 0 Å². The predicted molar refractivity (Wildman–Crippen MR) is 167 cm³/mol. The molecule has 12 heteroatoms. The second-order valence-corrected chi connectivity index (χ2v) is 13.8. The molecule has 0 radical (unpaired) electrons. The minimum atomic E-state index is -4.71. The molecule has 3 aromatic rings. The van der Waals surface area contributed by atoms with Crippen LogP contribution in [-0.2, 0) is 38.8 Å². The minimum absolute atomic E-state index is 0.0337. The number of rotatable bonds is 11. The molecule has 0 aliphatic heterocycles. The fourth-order valence-electron chi connectivity index (χ4n) is 5.38. The summed E-state index contributed by atoms with van der Waals surface area (Å²) in [5.74, 6) is -1.10. The Hall–Kier alpha value is -3.38. The monoisotopic (exact) mass is 693 g/mol. The third-order valence-corrected chi connectivity index (χ3v) is 9.24. The van der Waals surface area contributed by atoms with Gasteiger partial charge in [-0.1, -0.05) is 83.7 Å². The summed E-state index contributed by atoms with van der Waals surface area (Å²) < 4.78 is 67.7. The fourth-order valence-corrected chi connectivity index (χ4v) is 6.67. The highest BCUT2D eigenvalue weighted by atomic mass is 79.9. The number of sulfonamides is 1. The van der Waals surface area contributed by atoms with E-state index in [1.165, 1.54) is 11.0 Å². The number of nitrogens with zero attached hydrogens (tertiary/aromatic N) is 2. The van der Waals surface area contributed by atoms with Crippen LogP contribution < -0.4 is 9.62 Å². The normalized spacial score (nSPS) is 14.9. The second kappa shape index (κ2) is 14.6. The lowest BCUT2D eigenvalue weighted by molar-refractivity contribution is -0.140. The molecule has 0 aromatic heterocycles. The van der Waals surface area contributed by atoms with Gasteiger partial charge in [-0.15, -0.1) is 0 Å². The zero-order chi connectivity index (χ0) is 31.9. The number of carbonyl (C=O) groups excluding carboxylic acids is 2. The van der Waals surface area contributed by atoms with E-state index in [1.807, 2.05) is 36.4 Å². The van der Waals surface area contributed by atoms with Gasteiger partial charge in [0, 0.05) is 23.5 Å². The molecule has 0 saturated heterocycles. The highest BCUT2D eigenvalue weighted by Crippen LogP contribution is 2.32. The summed E-state index contributed by atoms with van der Waals surface area (Å²) in [6.45, 7) is -0.829. The van der Waals surface area contributed by atoms with Crippen LogP contribution in [-0.4, -0.2) is 50.0 Å². The number of halogens is 4. The van der Waals surface area contributed by atoms with Gasteiger partial charge in [0.15, 0.2) is 0 Å². The average Bonchev–Trinajstić information content (AvgIpc) is 2.97. The van der Waals surface area contributed by atoms with Gasteiger partial charge >= 0.3 is 6.18 Å². The Morgan fingerprint density at radius 2 is 1.59 bits per heavy atom. The van der Waals surface area contributed by atoms with Crippen LogP contribution in [0.2, 0.25) is 0 Å². The van der Waals surface area contributed by atoms with E-state index in [0.717, 1.165) is 60.5 Å². The molecule has 0 spiro atoms. The summed E-state index contributed by atoms with van der Waals surface area (Å²) in [6.07, 6.45) is 0.961. The number of amides is 2. The Morgan fingerprint density at radius 3 is 2.23 bits per heavy atom. The molecule has 4 rings (SSSR count). The number of alkyl halides is 3. The second-order valence-electron chi connectivity index (χ2n) is 11.0. The maximum Gasteiger partial charge on any atom is 0.416 e. The Morgan fingerprint density at radius 1 is 0.932 bits per heavy atom. The Kier molecular flexibility index (Phi) is 11.1. The van der Waals surface area contributed by atoms with Gasteiger partial charge in [0.1, 0.15) is 12.6 Å². The van der Waals surface area contributed by atoms with E-state index in [4.69, 9.17) is 0 Å². The van der Waals surface area contributed by atoms with Crippen molar-refractivity contribution in [1.82, 2.24) is 10.2 Å². The number of hydrogen-bond acceptors (Lipinski definition) is 4. The van der Waals surface area contributed by atoms with Crippen LogP contribution >= 0.6 is 15.9 Å². The van der Waals surface area contributed by atoms with Crippen LogP contribution in [0.25, 0.3) is 0 Å². The third kappa shape index (κ3) is 9.31. The van der Waals surface area contributed by atoms with Crippen LogP contribution in [0.1, 0.15) is 48.8 Å². The van der Waals surface area contributed by atoms with Crippen molar-refractivity contribution < 1.29 is 31.2 Å². The lowest BCUT2D eigenvalue weighted by Gasteiger charge is -2.35. The van der Waals surface area contributed by atoms with E-state index >= 15 is 0 Å². The van der Waals surface area contributed by atoms with E-state index < -0.39 is 40.3 Å². The molecule has 7 nitrogen and oxygen atoms in total. The van der Waals surface area contributed by atoms with Crippen molar-refractivity contribution in [3.8, 4) is 0 Å². The molecular weight excluding hydrogens is 659 g/mol. The molecule has 236 valence electrons. The largest absolute Gasteiger partial charge is 0.416 e. The molecule has 0 bridgehead atoms. The van der Waals surface area contributed by atoms with Crippen molar-refractivity contribution in [3.63, 3.8) is 0 Å². The molecule has 0 heterocycles. The van der Waals surface area contributed by atoms with Gasteiger partial charge in [0.25, 0.3) is 0 Å². The zero-order valence-corrected chi connectivity index (χ0v) is 26.7. The molecule has 1 saturated carbocycles. The van der Waals surface area contributed by atoms with Crippen molar-refractivity contribution in [3.05, 3.63) is 100 Å². The average molecular weight is 695 g/mol. The number of benzene rings is 3. The first kappa shape index (κ1) is 33.5. The number of hydrogen-bond donors (Lipinski definition) is 1. The van der Waals surface area contributed by atoms with E-state index in [-0.39, 0.29) is 30.6 Å². The highest BCUT2D eigenvalue weighted by Gasteiger charge is 2.35. The van der Waals surface area contributed by atoms with Gasteiger partial charge in [-0.05, 0) is 54.3 Å². The summed E-state index contributed by atoms with van der Waals surface area (Å²) in [6, 6.07) is 19.1. The van der Waals surface area contributed by atoms with Gasteiger partial charge in [-0.3, -0.25) is 13.9 Å². The van der Waals surface area contributed by atoms with Crippen LogP contribution in [0, 0.1) is 0 Å². The van der Waals surface area contributed by atoms with Gasteiger partial charge in [-0.25, -0.2) is 8.42 Å². The van der Waals surface area contributed by atoms with Gasteiger partial charge in [-0.2, -0.15) is 13.2 Å². The molecule has 1 N–H and O–H groups in total. The Balaban J connectivity index is 1.74. The quantitative estimate of drug-likeness (QED) is 0.255. The SMILES string of the molecule is CS(=O)(=O)N(CC(=O)N(Cc1cccc(Br)c1)C(Cc1ccccc1)C(=O)NC1CCCCC1)c1cccc(C(F)(F)F)c1. The highest BCUT2D eigenvalue weighted by molar-refractivity contribution is 9.10. The smallest absolute Gasteiger partial charge is 0.352 e. The van der Waals surface area contributed by atoms with Crippen molar-refractivity contribution in [2.45, 2.75) is 63.3 Å². The third-order valence-electron chi connectivity index (χ3n) is 7.61. The summed E-state index contributed by atoms with van der Waals surface area (Å²) in [5, 5.41) is 3.11. The molecule has 1 aliphatic carbocycles. The molecule has 1 fully saturated rings. The summed E-state index contributed by atoms with van der Waals surface area (Å²) >= 11 is 3.43. The first-order valence-corrected chi connectivity index (χ1v) is 17.0. The van der Waals surface area contributed by atoms with Crippen molar-refractivity contribution in [1.29, 1.82) is 0 Å². The Bertz CT molecular complexity index is 1550. The molecule has 3 aromatic carbocycles. The molecule has 44 heavy (non-hydrogen) atoms. The predicted octanol–water partition coefficient (Wildman–Crippen LogP) is 6.32. The van der Waals surface area contributed by atoms with Crippen molar-refractivity contribution in [2.75, 3.05) is 17.1 Å². The van der Waals surface area contributed by atoms with Gasteiger partial charge in [0.05, 0.1) is 17.5 Å². The summed E-state index contributed by atoms with van der Waals surface area (Å²) in [7, 11) is -4.21. The number of anilines is 1. The maximum absolute atomic E-state index is 14.2. The van der Waals surface area contributed by atoms with Gasteiger partial charge < -0.3 is 10.2 Å². The van der Waals surface area contributed by atoms with Crippen LogP contribution in [0.15, 0.2) is 83.3 Å². The van der Waals surface area contributed by atoms with Crippen molar-refractivity contribution in [2.24, 2.45) is 0 Å². The van der Waals surface area contributed by atoms with Crippen molar-refractivity contribution >= 4 is 43.5 Å². The maximum atomic E-state index is 14.2. The van der Waals surface area contributed by atoms with E-state index in [0.29, 0.717) is 15.9 Å². The van der Waals surface area contributed by atoms with E-state index in [1.54, 1.807) is 18.2 Å². The minimum Gasteiger partial charge on any atom is -0.352 e. The first-order chi connectivity index (χ1) is 20.8. The standard InChI is InChI=1S/C32H35BrF3N3O4S/c1-44(42,43)39(28-17-9-13-25(20-28)32(34,35)36)22-30(40)38(21-24-12-8-14-26(33)18-24)29(19-23-10-4-2-5-11-23)31(41)37-27-15-6-3-7-16-27/h2,4-5,8-14,17-18,20,27,29H,3,6-7,15-16,19,21-22H2,1H3,(H,37,41). The first-order valence-electron chi connectivity index (χ1n) is 14.3. The number of carbonyl (C=O) groups is 2. The lowest BCUT2D eigenvalue weighted by Crippen LogP contribution is -2.55.